The summed E-state index contributed by atoms with van der Waals surface area (Å²) in [6, 6.07) is 2.08. The molecule has 1 aliphatic rings. The fourth-order valence-corrected chi connectivity index (χ4v) is 2.64. The first-order chi connectivity index (χ1) is 7.84. The molecule has 0 unspecified atom stereocenters. The van der Waals surface area contributed by atoms with E-state index in [2.05, 4.69) is 44.2 Å². The predicted molar refractivity (Wildman–Crippen MR) is 70.2 cm³/mol. The lowest BCUT2D eigenvalue weighted by Gasteiger charge is -2.11. The number of hydrogen-bond donors (Lipinski definition) is 1. The summed E-state index contributed by atoms with van der Waals surface area (Å²) >= 11 is 3.44. The Morgan fingerprint density at radius 2 is 2.25 bits per heavy atom. The molecule has 1 N–H and O–H groups in total. The van der Waals surface area contributed by atoms with Crippen molar-refractivity contribution in [2.75, 3.05) is 0 Å². The van der Waals surface area contributed by atoms with E-state index in [0.29, 0.717) is 0 Å². The largest absolute Gasteiger partial charge is 0.359 e. The Morgan fingerprint density at radius 3 is 3.06 bits per heavy atom. The summed E-state index contributed by atoms with van der Waals surface area (Å²) in [5.41, 5.74) is 4.93. The molecule has 2 aromatic rings. The molecule has 3 heteroatoms. The van der Waals surface area contributed by atoms with E-state index >= 15 is 0 Å². The predicted octanol–water partition coefficient (Wildman–Crippen LogP) is 4.28. The van der Waals surface area contributed by atoms with Gasteiger partial charge in [-0.2, -0.15) is 0 Å². The van der Waals surface area contributed by atoms with Gasteiger partial charge in [0.05, 0.1) is 11.0 Å². The summed E-state index contributed by atoms with van der Waals surface area (Å²) in [7, 11) is 0. The van der Waals surface area contributed by atoms with Crippen molar-refractivity contribution >= 4 is 32.5 Å². The molecule has 82 valence electrons. The molecule has 0 fully saturated rings. The Labute approximate surface area is 103 Å². The van der Waals surface area contributed by atoms with Gasteiger partial charge < -0.3 is 4.98 Å². The van der Waals surface area contributed by atoms with Gasteiger partial charge in [0.1, 0.15) is 0 Å². The van der Waals surface area contributed by atoms with Crippen LogP contribution >= 0.6 is 15.9 Å². The van der Waals surface area contributed by atoms with Gasteiger partial charge in [0.2, 0.25) is 0 Å². The van der Waals surface area contributed by atoms with Crippen molar-refractivity contribution in [1.29, 1.82) is 0 Å². The van der Waals surface area contributed by atoms with Crippen LogP contribution in [0, 0.1) is 0 Å². The van der Waals surface area contributed by atoms with Crippen molar-refractivity contribution in [2.45, 2.75) is 25.7 Å². The Morgan fingerprint density at radius 1 is 1.31 bits per heavy atom. The minimum Gasteiger partial charge on any atom is -0.359 e. The number of H-pyrrole nitrogens is 1. The fourth-order valence-electron chi connectivity index (χ4n) is 2.31. The number of allylic oxidation sites excluding steroid dienone is 2. The van der Waals surface area contributed by atoms with Crippen LogP contribution in [-0.2, 0) is 0 Å². The first kappa shape index (κ1) is 10.1. The third kappa shape index (κ3) is 1.69. The number of aromatic nitrogens is 2. The van der Waals surface area contributed by atoms with Crippen molar-refractivity contribution < 1.29 is 0 Å². The highest BCUT2D eigenvalue weighted by molar-refractivity contribution is 9.10. The molecule has 2 aromatic heterocycles. The van der Waals surface area contributed by atoms with Crippen LogP contribution in [0.15, 0.2) is 29.0 Å². The SMILES string of the molecule is Brc1cnc2c(C3=CCCCC3)c[nH]c2c1. The summed E-state index contributed by atoms with van der Waals surface area (Å²) in [5, 5.41) is 0. The molecule has 0 atom stereocenters. The maximum absolute atomic E-state index is 4.50. The lowest BCUT2D eigenvalue weighted by atomic mass is 9.95. The fraction of sp³-hybridized carbons (Fsp3) is 0.308. The summed E-state index contributed by atoms with van der Waals surface area (Å²) in [4.78, 5) is 7.79. The zero-order valence-electron chi connectivity index (χ0n) is 8.96. The number of rotatable bonds is 1. The molecule has 0 aromatic carbocycles. The standard InChI is InChI=1S/C13H13BrN2/c14-10-6-12-13(16-7-10)11(8-15-12)9-4-2-1-3-5-9/h4,6-8,15H,1-3,5H2. The molecule has 0 saturated heterocycles. The molecule has 16 heavy (non-hydrogen) atoms. The summed E-state index contributed by atoms with van der Waals surface area (Å²) in [6.45, 7) is 0. The summed E-state index contributed by atoms with van der Waals surface area (Å²) in [6.07, 6.45) is 11.3. The number of aromatic amines is 1. The maximum atomic E-state index is 4.50. The van der Waals surface area contributed by atoms with Crippen LogP contribution in [-0.4, -0.2) is 9.97 Å². The number of halogens is 1. The van der Waals surface area contributed by atoms with Gasteiger partial charge in [-0.15, -0.1) is 0 Å². The molecular weight excluding hydrogens is 264 g/mol. The van der Waals surface area contributed by atoms with Crippen molar-refractivity contribution in [3.05, 3.63) is 34.6 Å². The van der Waals surface area contributed by atoms with Gasteiger partial charge in [-0.3, -0.25) is 4.98 Å². The first-order valence-corrected chi connectivity index (χ1v) is 6.46. The van der Waals surface area contributed by atoms with E-state index in [9.17, 15) is 0 Å². The number of fused-ring (bicyclic) bond motifs is 1. The Kier molecular flexibility index (Phi) is 2.56. The van der Waals surface area contributed by atoms with Crippen molar-refractivity contribution in [2.24, 2.45) is 0 Å². The normalized spacial score (nSPS) is 16.4. The van der Waals surface area contributed by atoms with Gasteiger partial charge >= 0.3 is 0 Å². The van der Waals surface area contributed by atoms with Gasteiger partial charge in [-0.1, -0.05) is 6.08 Å². The van der Waals surface area contributed by atoms with E-state index in [-0.39, 0.29) is 0 Å². The molecule has 0 amide bonds. The maximum Gasteiger partial charge on any atom is 0.0954 e. The van der Waals surface area contributed by atoms with Crippen molar-refractivity contribution in [1.82, 2.24) is 9.97 Å². The lowest BCUT2D eigenvalue weighted by molar-refractivity contribution is 0.742. The molecule has 2 heterocycles. The number of nitrogens with zero attached hydrogens (tertiary/aromatic N) is 1. The van der Waals surface area contributed by atoms with Crippen LogP contribution in [0.2, 0.25) is 0 Å². The molecular formula is C13H13BrN2. The highest BCUT2D eigenvalue weighted by Gasteiger charge is 2.12. The highest BCUT2D eigenvalue weighted by atomic mass is 79.9. The minimum atomic E-state index is 1.02. The third-order valence-electron chi connectivity index (χ3n) is 3.12. The summed E-state index contributed by atoms with van der Waals surface area (Å²) in [5.74, 6) is 0. The first-order valence-electron chi connectivity index (χ1n) is 5.66. The zero-order chi connectivity index (χ0) is 11.0. The van der Waals surface area contributed by atoms with E-state index in [1.54, 1.807) is 0 Å². The van der Waals surface area contributed by atoms with Crippen LogP contribution in [0.1, 0.15) is 31.2 Å². The Balaban J connectivity index is 2.13. The molecule has 0 aliphatic heterocycles. The number of nitrogens with one attached hydrogen (secondary N) is 1. The number of pyridine rings is 1. The Hall–Kier alpha value is -1.09. The number of hydrogen-bond acceptors (Lipinski definition) is 1. The van der Waals surface area contributed by atoms with Crippen molar-refractivity contribution in [3.63, 3.8) is 0 Å². The summed E-state index contributed by atoms with van der Waals surface area (Å²) < 4.78 is 1.02. The van der Waals surface area contributed by atoms with Crippen LogP contribution in [0.3, 0.4) is 0 Å². The van der Waals surface area contributed by atoms with Gasteiger partial charge in [0.15, 0.2) is 0 Å². The van der Waals surface area contributed by atoms with Gasteiger partial charge in [0, 0.05) is 22.4 Å². The molecule has 3 rings (SSSR count). The topological polar surface area (TPSA) is 28.7 Å². The second-order valence-corrected chi connectivity index (χ2v) is 5.14. The molecule has 2 nitrogen and oxygen atoms in total. The Bertz CT molecular complexity index is 554. The second kappa shape index (κ2) is 4.06. The van der Waals surface area contributed by atoms with Crippen molar-refractivity contribution in [3.8, 4) is 0 Å². The van der Waals surface area contributed by atoms with Gasteiger partial charge in [-0.25, -0.2) is 0 Å². The minimum absolute atomic E-state index is 1.02. The average molecular weight is 277 g/mol. The molecule has 0 spiro atoms. The van der Waals surface area contributed by atoms with Gasteiger partial charge in [0.25, 0.3) is 0 Å². The quantitative estimate of drug-likeness (QED) is 0.827. The third-order valence-corrected chi connectivity index (χ3v) is 3.55. The molecule has 0 saturated carbocycles. The van der Waals surface area contributed by atoms with Crippen LogP contribution in [0.25, 0.3) is 16.6 Å². The van der Waals surface area contributed by atoms with Crippen LogP contribution in [0.5, 0.6) is 0 Å². The molecule has 0 radical (unpaired) electrons. The zero-order valence-corrected chi connectivity index (χ0v) is 10.5. The monoisotopic (exact) mass is 276 g/mol. The van der Waals surface area contributed by atoms with E-state index in [0.717, 1.165) is 15.5 Å². The second-order valence-electron chi connectivity index (χ2n) is 4.23. The van der Waals surface area contributed by atoms with E-state index < -0.39 is 0 Å². The highest BCUT2D eigenvalue weighted by Crippen LogP contribution is 2.31. The van der Waals surface area contributed by atoms with E-state index in [1.165, 1.54) is 36.8 Å². The molecule has 0 bridgehead atoms. The van der Waals surface area contributed by atoms with Crippen LogP contribution in [0.4, 0.5) is 0 Å². The smallest absolute Gasteiger partial charge is 0.0954 e. The van der Waals surface area contributed by atoms with E-state index in [4.69, 9.17) is 0 Å². The van der Waals surface area contributed by atoms with Crippen LogP contribution < -0.4 is 0 Å². The average Bonchev–Trinajstić information content (AvgIpc) is 2.73. The van der Waals surface area contributed by atoms with Gasteiger partial charge in [-0.05, 0) is 53.3 Å². The lowest BCUT2D eigenvalue weighted by Crippen LogP contribution is -1.91. The molecule has 1 aliphatic carbocycles. The van der Waals surface area contributed by atoms with E-state index in [1.807, 2.05) is 6.20 Å².